The highest BCUT2D eigenvalue weighted by atomic mass is 35.5. The molecule has 1 fully saturated rings. The Balaban J connectivity index is 2.04. The third kappa shape index (κ3) is 2.98. The summed E-state index contributed by atoms with van der Waals surface area (Å²) in [5, 5.41) is 1.98. The molecule has 24 heavy (non-hydrogen) atoms. The van der Waals surface area contributed by atoms with Crippen LogP contribution in [0.2, 0.25) is 10.0 Å². The molecule has 2 aromatic rings. The molecule has 0 spiro atoms. The smallest absolute Gasteiger partial charge is 0.268 e. The fourth-order valence-electron chi connectivity index (χ4n) is 2.70. The number of carbonyl (C=O) groups is 2. The van der Waals surface area contributed by atoms with Crippen molar-refractivity contribution >= 4 is 35.0 Å². The Morgan fingerprint density at radius 3 is 2.50 bits per heavy atom. The first kappa shape index (κ1) is 16.8. The number of hydrogen-bond donors (Lipinski definition) is 0. The number of hydroxylamine groups is 2. The largest absolute Gasteiger partial charge is 0.302 e. The Hall–Kier alpha value is -2.08. The molecule has 1 heterocycles. The standard InChI is InChI=1S/C17H14Cl2N2O3/c1-24-21-15(22)10-20(17(23)11-5-3-2-4-6-11)16(21)13-8-7-12(18)9-14(13)19/h2-9,16H,10H2,1H3/t16-/m1/s1. The van der Waals surface area contributed by atoms with E-state index in [2.05, 4.69) is 0 Å². The summed E-state index contributed by atoms with van der Waals surface area (Å²) in [5.74, 6) is -0.600. The molecule has 0 aromatic heterocycles. The van der Waals surface area contributed by atoms with Crippen LogP contribution in [0.25, 0.3) is 0 Å². The molecule has 1 aliphatic heterocycles. The molecule has 0 N–H and O–H groups in total. The van der Waals surface area contributed by atoms with Crippen molar-refractivity contribution in [1.82, 2.24) is 9.96 Å². The fraction of sp³-hybridized carbons (Fsp3) is 0.176. The third-order valence-electron chi connectivity index (χ3n) is 3.79. The van der Waals surface area contributed by atoms with E-state index in [1.165, 1.54) is 12.0 Å². The molecule has 0 unspecified atom stereocenters. The fourth-order valence-corrected chi connectivity index (χ4v) is 3.21. The molecule has 124 valence electrons. The highest BCUT2D eigenvalue weighted by molar-refractivity contribution is 6.35. The van der Waals surface area contributed by atoms with Gasteiger partial charge in [-0.3, -0.25) is 14.4 Å². The Kier molecular flexibility index (Phi) is 4.76. The Morgan fingerprint density at radius 1 is 1.17 bits per heavy atom. The van der Waals surface area contributed by atoms with E-state index in [4.69, 9.17) is 28.0 Å². The maximum atomic E-state index is 12.8. The topological polar surface area (TPSA) is 49.9 Å². The first-order chi connectivity index (χ1) is 11.5. The van der Waals surface area contributed by atoms with Gasteiger partial charge in [-0.2, -0.15) is 5.06 Å². The lowest BCUT2D eigenvalue weighted by molar-refractivity contribution is -0.182. The van der Waals surface area contributed by atoms with Crippen molar-refractivity contribution in [1.29, 1.82) is 0 Å². The summed E-state index contributed by atoms with van der Waals surface area (Å²) in [4.78, 5) is 31.7. The van der Waals surface area contributed by atoms with Crippen LogP contribution in [0.3, 0.4) is 0 Å². The van der Waals surface area contributed by atoms with E-state index in [-0.39, 0.29) is 18.4 Å². The van der Waals surface area contributed by atoms with Crippen LogP contribution in [-0.2, 0) is 9.63 Å². The quantitative estimate of drug-likeness (QED) is 0.836. The predicted molar refractivity (Wildman–Crippen MR) is 90.5 cm³/mol. The van der Waals surface area contributed by atoms with Gasteiger partial charge in [0.2, 0.25) is 0 Å². The van der Waals surface area contributed by atoms with Crippen molar-refractivity contribution < 1.29 is 14.4 Å². The second-order valence-corrected chi connectivity index (χ2v) is 6.08. The minimum atomic E-state index is -0.750. The van der Waals surface area contributed by atoms with Crippen LogP contribution in [0.4, 0.5) is 0 Å². The van der Waals surface area contributed by atoms with Crippen molar-refractivity contribution in [3.63, 3.8) is 0 Å². The van der Waals surface area contributed by atoms with Gasteiger partial charge in [-0.1, -0.05) is 47.5 Å². The van der Waals surface area contributed by atoms with Gasteiger partial charge in [-0.25, -0.2) is 0 Å². The molecule has 5 nitrogen and oxygen atoms in total. The van der Waals surface area contributed by atoms with E-state index >= 15 is 0 Å². The van der Waals surface area contributed by atoms with Crippen LogP contribution in [0.5, 0.6) is 0 Å². The first-order valence-electron chi connectivity index (χ1n) is 7.20. The summed E-state index contributed by atoms with van der Waals surface area (Å²) in [6.07, 6.45) is -0.750. The maximum Gasteiger partial charge on any atom is 0.268 e. The third-order valence-corrected chi connectivity index (χ3v) is 4.35. The van der Waals surface area contributed by atoms with Crippen LogP contribution >= 0.6 is 23.2 Å². The molecule has 3 rings (SSSR count). The van der Waals surface area contributed by atoms with Crippen molar-refractivity contribution in [3.8, 4) is 0 Å². The minimum Gasteiger partial charge on any atom is -0.302 e. The monoisotopic (exact) mass is 364 g/mol. The van der Waals surface area contributed by atoms with Crippen molar-refractivity contribution in [2.75, 3.05) is 13.7 Å². The van der Waals surface area contributed by atoms with Crippen LogP contribution in [0.1, 0.15) is 22.1 Å². The number of carbonyl (C=O) groups excluding carboxylic acids is 2. The lowest BCUT2D eigenvalue weighted by Crippen LogP contribution is -2.35. The average Bonchev–Trinajstić information content (AvgIpc) is 2.91. The molecule has 2 aromatic carbocycles. The molecule has 2 amide bonds. The van der Waals surface area contributed by atoms with Gasteiger partial charge in [0.25, 0.3) is 11.8 Å². The molecule has 0 bridgehead atoms. The van der Waals surface area contributed by atoms with Gasteiger partial charge < -0.3 is 4.90 Å². The minimum absolute atomic E-state index is 0.0921. The number of rotatable bonds is 3. The highest BCUT2D eigenvalue weighted by Gasteiger charge is 2.43. The van der Waals surface area contributed by atoms with Gasteiger partial charge in [-0.05, 0) is 24.3 Å². The lowest BCUT2D eigenvalue weighted by atomic mass is 10.1. The van der Waals surface area contributed by atoms with Crippen LogP contribution in [-0.4, -0.2) is 35.4 Å². The molecule has 0 saturated carbocycles. The molecule has 7 heteroatoms. The molecule has 0 aliphatic carbocycles. The molecule has 1 aliphatic rings. The summed E-state index contributed by atoms with van der Waals surface area (Å²) in [5.41, 5.74) is 1.05. The molecular weight excluding hydrogens is 351 g/mol. The molecule has 1 atom stereocenters. The summed E-state index contributed by atoms with van der Waals surface area (Å²) < 4.78 is 0. The van der Waals surface area contributed by atoms with Gasteiger partial charge in [0, 0.05) is 21.2 Å². The zero-order valence-corrected chi connectivity index (χ0v) is 14.3. The molecule has 0 radical (unpaired) electrons. The second-order valence-electron chi connectivity index (χ2n) is 5.24. The molecular formula is C17H14Cl2N2O3. The number of halogens is 2. The summed E-state index contributed by atoms with van der Waals surface area (Å²) in [7, 11) is 1.38. The number of benzene rings is 2. The zero-order chi connectivity index (χ0) is 17.3. The maximum absolute atomic E-state index is 12.8. The van der Waals surface area contributed by atoms with Crippen LogP contribution in [0, 0.1) is 0 Å². The van der Waals surface area contributed by atoms with Crippen LogP contribution < -0.4 is 0 Å². The van der Waals surface area contributed by atoms with E-state index in [0.717, 1.165) is 5.06 Å². The Morgan fingerprint density at radius 2 is 1.88 bits per heavy atom. The van der Waals surface area contributed by atoms with E-state index in [1.54, 1.807) is 42.5 Å². The summed E-state index contributed by atoms with van der Waals surface area (Å²) in [6, 6.07) is 13.7. The van der Waals surface area contributed by atoms with Crippen LogP contribution in [0.15, 0.2) is 48.5 Å². The second kappa shape index (κ2) is 6.81. The number of hydrogen-bond acceptors (Lipinski definition) is 3. The Labute approximate surface area is 149 Å². The number of amides is 2. The van der Waals surface area contributed by atoms with Gasteiger partial charge >= 0.3 is 0 Å². The Bertz CT molecular complexity index is 783. The highest BCUT2D eigenvalue weighted by Crippen LogP contribution is 2.36. The first-order valence-corrected chi connectivity index (χ1v) is 7.95. The normalized spacial score (nSPS) is 17.5. The van der Waals surface area contributed by atoms with Crippen molar-refractivity contribution in [3.05, 3.63) is 69.7 Å². The predicted octanol–water partition coefficient (Wildman–Crippen LogP) is 3.54. The van der Waals surface area contributed by atoms with Crippen molar-refractivity contribution in [2.24, 2.45) is 0 Å². The SMILES string of the molecule is CON1C(=O)CN(C(=O)c2ccccc2)[C@H]1c1ccc(Cl)cc1Cl. The number of nitrogens with zero attached hydrogens (tertiary/aromatic N) is 2. The van der Waals surface area contributed by atoms with Gasteiger partial charge in [0.15, 0.2) is 6.17 Å². The van der Waals surface area contributed by atoms with E-state index in [0.29, 0.717) is 21.2 Å². The van der Waals surface area contributed by atoms with Gasteiger partial charge in [-0.15, -0.1) is 0 Å². The van der Waals surface area contributed by atoms with Gasteiger partial charge in [0.05, 0.1) is 7.11 Å². The van der Waals surface area contributed by atoms with E-state index in [1.807, 2.05) is 6.07 Å². The lowest BCUT2D eigenvalue weighted by Gasteiger charge is -2.29. The van der Waals surface area contributed by atoms with E-state index in [9.17, 15) is 9.59 Å². The zero-order valence-electron chi connectivity index (χ0n) is 12.8. The van der Waals surface area contributed by atoms with E-state index < -0.39 is 6.17 Å². The van der Waals surface area contributed by atoms with Gasteiger partial charge in [0.1, 0.15) is 6.54 Å². The average molecular weight is 365 g/mol. The summed E-state index contributed by atoms with van der Waals surface area (Å²) >= 11 is 12.2. The van der Waals surface area contributed by atoms with Crippen molar-refractivity contribution in [2.45, 2.75) is 6.17 Å². The summed E-state index contributed by atoms with van der Waals surface area (Å²) in [6.45, 7) is -0.0921. The molecule has 1 saturated heterocycles.